The molecule has 0 radical (unpaired) electrons. The van der Waals surface area contributed by atoms with Crippen LogP contribution in [0.15, 0.2) is 72.8 Å². The van der Waals surface area contributed by atoms with E-state index >= 15 is 0 Å². The van der Waals surface area contributed by atoms with Crippen LogP contribution < -0.4 is 10.6 Å². The summed E-state index contributed by atoms with van der Waals surface area (Å²) >= 11 is 0. The monoisotopic (exact) mass is 388 g/mol. The summed E-state index contributed by atoms with van der Waals surface area (Å²) in [6, 6.07) is 21.6. The number of fused-ring (bicyclic) bond motifs is 2. The van der Waals surface area contributed by atoms with Gasteiger partial charge in [-0.3, -0.25) is 0 Å². The largest absolute Gasteiger partial charge is 0.478 e. The second-order valence-corrected chi connectivity index (χ2v) is 6.75. The highest BCUT2D eigenvalue weighted by atomic mass is 16.5. The van der Waals surface area contributed by atoms with Crippen molar-refractivity contribution >= 4 is 23.3 Å². The quantitative estimate of drug-likeness (QED) is 0.659. The van der Waals surface area contributed by atoms with Crippen molar-refractivity contribution in [1.82, 2.24) is 0 Å². The molecule has 6 nitrogen and oxygen atoms in total. The van der Waals surface area contributed by atoms with E-state index in [0.29, 0.717) is 6.42 Å². The molecule has 4 rings (SSSR count). The lowest BCUT2D eigenvalue weighted by molar-refractivity contribution is 0.0295. The zero-order chi connectivity index (χ0) is 20.4. The van der Waals surface area contributed by atoms with Gasteiger partial charge in [0, 0.05) is 23.4 Å². The summed E-state index contributed by atoms with van der Waals surface area (Å²) in [7, 11) is 0. The van der Waals surface area contributed by atoms with Gasteiger partial charge in [0.25, 0.3) is 0 Å². The number of carbonyl (C=O) groups is 2. The minimum Gasteiger partial charge on any atom is -0.478 e. The molecule has 1 heterocycles. The van der Waals surface area contributed by atoms with Crippen LogP contribution in [0.25, 0.3) is 0 Å². The Balaban J connectivity index is 1.76. The van der Waals surface area contributed by atoms with Crippen molar-refractivity contribution in [2.75, 3.05) is 11.6 Å². The van der Waals surface area contributed by atoms with Gasteiger partial charge in [0.05, 0.1) is 17.8 Å². The minimum atomic E-state index is -1.17. The minimum absolute atomic E-state index is 0.0331. The molecule has 29 heavy (non-hydrogen) atoms. The molecule has 1 aliphatic heterocycles. The first-order valence-electron chi connectivity index (χ1n) is 9.28. The van der Waals surface area contributed by atoms with Gasteiger partial charge >= 0.3 is 11.9 Å². The van der Waals surface area contributed by atoms with Gasteiger partial charge in [-0.05, 0) is 29.8 Å². The fourth-order valence-electron chi connectivity index (χ4n) is 3.73. The first-order chi connectivity index (χ1) is 14.1. The van der Waals surface area contributed by atoms with Crippen LogP contribution >= 0.6 is 0 Å². The molecule has 0 aromatic heterocycles. The molecule has 3 aromatic rings. The summed E-state index contributed by atoms with van der Waals surface area (Å²) < 4.78 is 5.85. The molecule has 0 saturated carbocycles. The van der Waals surface area contributed by atoms with E-state index in [1.54, 1.807) is 12.1 Å². The highest BCUT2D eigenvalue weighted by Gasteiger charge is 2.29. The Morgan fingerprint density at radius 2 is 1.55 bits per heavy atom. The van der Waals surface area contributed by atoms with Gasteiger partial charge < -0.3 is 20.5 Å². The molecule has 0 amide bonds. The summed E-state index contributed by atoms with van der Waals surface area (Å²) in [5.41, 5.74) is 9.66. The number of carboxylic acids is 1. The van der Waals surface area contributed by atoms with Crippen LogP contribution in [-0.4, -0.2) is 23.7 Å². The lowest BCUT2D eigenvalue weighted by atomic mass is 10.0. The fraction of sp³-hybridized carbons (Fsp3) is 0.130. The number of anilines is 2. The first-order valence-corrected chi connectivity index (χ1v) is 9.28. The fourth-order valence-corrected chi connectivity index (χ4v) is 3.73. The van der Waals surface area contributed by atoms with Gasteiger partial charge in [-0.25, -0.2) is 9.59 Å². The number of nitrogens with zero attached hydrogens (tertiary/aromatic N) is 1. The van der Waals surface area contributed by atoms with Crippen LogP contribution in [0.4, 0.5) is 11.4 Å². The van der Waals surface area contributed by atoms with Crippen molar-refractivity contribution in [3.05, 3.63) is 95.1 Å². The molecular weight excluding hydrogens is 368 g/mol. The number of hydrogen-bond donors (Lipinski definition) is 2. The van der Waals surface area contributed by atoms with Crippen LogP contribution in [0.3, 0.4) is 0 Å². The van der Waals surface area contributed by atoms with Gasteiger partial charge in [-0.15, -0.1) is 0 Å². The standard InChI is InChI=1S/C23H20N2O4/c24-14-25-19-11-5-1-7-15(19)13-21(18-10-4-6-12-20(18)25)29-23(28)17-9-3-2-8-16(17)22(26)27/h1-12,21H,13-14,24H2,(H,26,27)/t21-/m0/s1. The number of esters is 1. The predicted octanol–water partition coefficient (Wildman–Crippen LogP) is 3.89. The maximum absolute atomic E-state index is 12.9. The van der Waals surface area contributed by atoms with Crippen molar-refractivity contribution < 1.29 is 19.4 Å². The number of para-hydroxylation sites is 2. The number of rotatable bonds is 4. The number of ether oxygens (including phenoxy) is 1. The molecule has 1 aliphatic rings. The SMILES string of the molecule is NCN1c2ccccc2C[C@H](OC(=O)c2ccccc2C(=O)O)c2ccccc21. The summed E-state index contributed by atoms with van der Waals surface area (Å²) in [6.45, 7) is 0.274. The van der Waals surface area contributed by atoms with Crippen LogP contribution in [0.2, 0.25) is 0 Å². The van der Waals surface area contributed by atoms with E-state index in [4.69, 9.17) is 10.5 Å². The first kappa shape index (κ1) is 18.7. The van der Waals surface area contributed by atoms with Gasteiger partial charge in [-0.2, -0.15) is 0 Å². The lowest BCUT2D eigenvalue weighted by Crippen LogP contribution is -2.25. The molecule has 0 aliphatic carbocycles. The Bertz CT molecular complexity index is 1080. The third kappa shape index (κ3) is 3.46. The van der Waals surface area contributed by atoms with E-state index in [1.165, 1.54) is 12.1 Å². The highest BCUT2D eigenvalue weighted by Crippen LogP contribution is 2.41. The average molecular weight is 388 g/mol. The van der Waals surface area contributed by atoms with E-state index < -0.39 is 18.0 Å². The number of carboxylic acid groups (broad SMARTS) is 1. The van der Waals surface area contributed by atoms with Crippen molar-refractivity contribution in [3.8, 4) is 0 Å². The van der Waals surface area contributed by atoms with Crippen LogP contribution in [0.5, 0.6) is 0 Å². The van der Waals surface area contributed by atoms with E-state index in [1.807, 2.05) is 53.4 Å². The maximum atomic E-state index is 12.9. The van der Waals surface area contributed by atoms with E-state index in [9.17, 15) is 14.7 Å². The van der Waals surface area contributed by atoms with E-state index in [2.05, 4.69) is 0 Å². The number of nitrogens with two attached hydrogens (primary N) is 1. The maximum Gasteiger partial charge on any atom is 0.339 e. The molecule has 0 unspecified atom stereocenters. The second-order valence-electron chi connectivity index (χ2n) is 6.75. The number of aromatic carboxylic acids is 1. The molecule has 0 fully saturated rings. The van der Waals surface area contributed by atoms with Gasteiger partial charge in [0.15, 0.2) is 0 Å². The Kier molecular flexibility index (Phi) is 5.01. The van der Waals surface area contributed by atoms with Gasteiger partial charge in [-0.1, -0.05) is 48.5 Å². The number of hydrogen-bond acceptors (Lipinski definition) is 5. The molecule has 3 aromatic carbocycles. The van der Waals surface area contributed by atoms with Crippen LogP contribution in [-0.2, 0) is 11.2 Å². The molecule has 1 atom stereocenters. The second kappa shape index (κ2) is 7.77. The summed E-state index contributed by atoms with van der Waals surface area (Å²) in [6.07, 6.45) is -0.108. The van der Waals surface area contributed by atoms with Gasteiger partial charge in [0.1, 0.15) is 6.10 Å². The van der Waals surface area contributed by atoms with Crippen molar-refractivity contribution in [1.29, 1.82) is 0 Å². The average Bonchev–Trinajstić information content (AvgIpc) is 2.88. The summed E-state index contributed by atoms with van der Waals surface area (Å²) in [4.78, 5) is 26.4. The predicted molar refractivity (Wildman–Crippen MR) is 109 cm³/mol. The number of carbonyl (C=O) groups excluding carboxylic acids is 1. The third-order valence-corrected chi connectivity index (χ3v) is 5.07. The zero-order valence-electron chi connectivity index (χ0n) is 15.6. The Hall–Kier alpha value is -3.64. The van der Waals surface area contributed by atoms with Crippen molar-refractivity contribution in [2.45, 2.75) is 12.5 Å². The molecule has 0 bridgehead atoms. The molecule has 146 valence electrons. The highest BCUT2D eigenvalue weighted by molar-refractivity contribution is 6.02. The number of benzene rings is 3. The Labute approximate surface area is 168 Å². The smallest absolute Gasteiger partial charge is 0.339 e. The third-order valence-electron chi connectivity index (χ3n) is 5.07. The van der Waals surface area contributed by atoms with E-state index in [-0.39, 0.29) is 17.8 Å². The normalized spacial score (nSPS) is 15.1. The lowest BCUT2D eigenvalue weighted by Gasteiger charge is -2.25. The molecule has 0 saturated heterocycles. The molecular formula is C23H20N2O4. The molecule has 0 spiro atoms. The topological polar surface area (TPSA) is 92.9 Å². The summed E-state index contributed by atoms with van der Waals surface area (Å²) in [5, 5.41) is 9.39. The van der Waals surface area contributed by atoms with Gasteiger partial charge in [0.2, 0.25) is 0 Å². The van der Waals surface area contributed by atoms with Crippen molar-refractivity contribution in [3.63, 3.8) is 0 Å². The van der Waals surface area contributed by atoms with E-state index in [0.717, 1.165) is 22.5 Å². The molecule has 3 N–H and O–H groups in total. The zero-order valence-corrected chi connectivity index (χ0v) is 15.6. The van der Waals surface area contributed by atoms with Crippen LogP contribution in [0, 0.1) is 0 Å². The van der Waals surface area contributed by atoms with Crippen LogP contribution in [0.1, 0.15) is 37.9 Å². The van der Waals surface area contributed by atoms with Crippen molar-refractivity contribution in [2.24, 2.45) is 5.73 Å². The Morgan fingerprint density at radius 3 is 2.28 bits per heavy atom. The Morgan fingerprint density at radius 1 is 0.931 bits per heavy atom. The summed E-state index contributed by atoms with van der Waals surface area (Å²) in [5.74, 6) is -1.83. The molecule has 6 heteroatoms.